The van der Waals surface area contributed by atoms with Gasteiger partial charge in [0.15, 0.2) is 0 Å². The van der Waals surface area contributed by atoms with Gasteiger partial charge in [0.1, 0.15) is 11.9 Å². The van der Waals surface area contributed by atoms with Gasteiger partial charge in [-0.1, -0.05) is 36.0 Å². The molecule has 2 aromatic carbocycles. The van der Waals surface area contributed by atoms with Crippen LogP contribution in [0.5, 0.6) is 5.75 Å². The van der Waals surface area contributed by atoms with Crippen molar-refractivity contribution in [2.75, 3.05) is 26.3 Å². The summed E-state index contributed by atoms with van der Waals surface area (Å²) >= 11 is 11.8. The van der Waals surface area contributed by atoms with Crippen LogP contribution in [0.2, 0.25) is 5.02 Å². The van der Waals surface area contributed by atoms with E-state index in [9.17, 15) is 4.79 Å². The molecule has 1 N–H and O–H groups in total. The summed E-state index contributed by atoms with van der Waals surface area (Å²) in [7, 11) is 0. The summed E-state index contributed by atoms with van der Waals surface area (Å²) in [5.41, 5.74) is 3.47. The number of nitrogens with one attached hydrogen (secondary N) is 1. The van der Waals surface area contributed by atoms with Gasteiger partial charge in [0.2, 0.25) is 0 Å². The van der Waals surface area contributed by atoms with Crippen molar-refractivity contribution < 1.29 is 14.3 Å². The molecule has 3 aromatic rings. The Morgan fingerprint density at radius 2 is 1.94 bits per heavy atom. The number of hydrogen-bond donors (Lipinski definition) is 1. The number of halogens is 1. The summed E-state index contributed by atoms with van der Waals surface area (Å²) < 4.78 is 14.1. The lowest BCUT2D eigenvalue weighted by Crippen LogP contribution is -2.35. The fourth-order valence-corrected chi connectivity index (χ4v) is 4.81. The molecule has 2 aliphatic heterocycles. The van der Waals surface area contributed by atoms with Crippen LogP contribution in [0.4, 0.5) is 0 Å². The average molecular weight is 483 g/mol. The zero-order valence-electron chi connectivity index (χ0n) is 18.2. The summed E-state index contributed by atoms with van der Waals surface area (Å²) in [6.45, 7) is 9.08. The number of aromatic nitrogens is 1. The summed E-state index contributed by atoms with van der Waals surface area (Å²) in [5, 5.41) is 4.51. The second-order valence-corrected chi connectivity index (χ2v) is 9.30. The molecule has 1 fully saturated rings. The van der Waals surface area contributed by atoms with Gasteiger partial charge in [0.25, 0.3) is 5.91 Å². The van der Waals surface area contributed by atoms with E-state index in [0.29, 0.717) is 28.2 Å². The summed E-state index contributed by atoms with van der Waals surface area (Å²) in [4.78, 5) is 15.5. The lowest BCUT2D eigenvalue weighted by molar-refractivity contribution is 0.0341. The molecule has 1 unspecified atom stereocenters. The van der Waals surface area contributed by atoms with E-state index in [2.05, 4.69) is 29.3 Å². The molecule has 1 amide bonds. The Morgan fingerprint density at radius 1 is 1.18 bits per heavy atom. The third-order valence-electron chi connectivity index (χ3n) is 6.01. The van der Waals surface area contributed by atoms with Gasteiger partial charge >= 0.3 is 0 Å². The Balaban J connectivity index is 1.49. The number of carbonyl (C=O) groups excluding carboxylic acids is 1. The molecular formula is C25H25ClN3O3S. The zero-order valence-corrected chi connectivity index (χ0v) is 19.8. The number of rotatable bonds is 5. The number of benzene rings is 2. The van der Waals surface area contributed by atoms with Crippen LogP contribution < -0.4 is 10.1 Å². The molecule has 2 aliphatic rings. The number of hydrogen-bond acceptors (Lipinski definition) is 5. The van der Waals surface area contributed by atoms with Crippen molar-refractivity contribution in [1.82, 2.24) is 14.8 Å². The lowest BCUT2D eigenvalue weighted by atomic mass is 10.0. The van der Waals surface area contributed by atoms with Crippen LogP contribution in [0.15, 0.2) is 42.6 Å². The molecule has 1 aromatic heterocycles. The number of morpholine rings is 1. The second kappa shape index (κ2) is 9.43. The zero-order chi connectivity index (χ0) is 22.9. The van der Waals surface area contributed by atoms with Gasteiger partial charge in [-0.05, 0) is 42.3 Å². The van der Waals surface area contributed by atoms with Gasteiger partial charge < -0.3 is 19.4 Å². The molecular weight excluding hydrogens is 458 g/mol. The Bertz CT molecular complexity index is 1250. The smallest absolute Gasteiger partial charge is 0.254 e. The van der Waals surface area contributed by atoms with Crippen molar-refractivity contribution in [3.8, 4) is 5.75 Å². The Labute approximate surface area is 203 Å². The Hall–Kier alpha value is -2.45. The number of pyridine rings is 1. The predicted molar refractivity (Wildman–Crippen MR) is 131 cm³/mol. The second-order valence-electron chi connectivity index (χ2n) is 8.45. The van der Waals surface area contributed by atoms with Gasteiger partial charge in [-0.2, -0.15) is 0 Å². The summed E-state index contributed by atoms with van der Waals surface area (Å²) in [5.74, 6) is 0.564. The maximum absolute atomic E-state index is 13.1. The molecule has 0 bridgehead atoms. The van der Waals surface area contributed by atoms with Crippen LogP contribution in [-0.2, 0) is 24.4 Å². The number of nitrogens with zero attached hydrogens (tertiary/aromatic N) is 2. The van der Waals surface area contributed by atoms with Gasteiger partial charge in [0.05, 0.1) is 35.3 Å². The third-order valence-corrected chi connectivity index (χ3v) is 6.70. The number of ether oxygens (including phenoxy) is 2. The fraction of sp³-hybridized carbons (Fsp3) is 0.320. The Kier molecular flexibility index (Phi) is 6.38. The highest BCUT2D eigenvalue weighted by Crippen LogP contribution is 2.34. The first-order valence-electron chi connectivity index (χ1n) is 11.0. The van der Waals surface area contributed by atoms with E-state index in [1.165, 1.54) is 0 Å². The minimum absolute atomic E-state index is 0.201. The number of amides is 1. The highest BCUT2D eigenvalue weighted by atomic mass is 35.5. The molecule has 8 heteroatoms. The quantitative estimate of drug-likeness (QED) is 0.547. The predicted octanol–water partition coefficient (Wildman–Crippen LogP) is 4.38. The molecule has 6 nitrogen and oxygen atoms in total. The van der Waals surface area contributed by atoms with Crippen molar-refractivity contribution in [3.05, 3.63) is 75.7 Å². The molecule has 0 saturated carbocycles. The summed E-state index contributed by atoms with van der Waals surface area (Å²) in [6, 6.07) is 11.6. The normalized spacial score (nSPS) is 18.2. The van der Waals surface area contributed by atoms with Crippen LogP contribution in [0.1, 0.15) is 21.5 Å². The molecule has 0 aliphatic carbocycles. The monoisotopic (exact) mass is 482 g/mol. The summed E-state index contributed by atoms with van der Waals surface area (Å²) in [6.07, 6.45) is 1.58. The van der Waals surface area contributed by atoms with E-state index in [1.807, 2.05) is 35.0 Å². The SMILES string of the molecule is [CH2]C1Cn2cc(C(=O)NCc3ccc(Cl)cc3)c(=S)c3cc(CN4CCOCC4)cc(c32)O1. The van der Waals surface area contributed by atoms with Crippen molar-refractivity contribution in [3.63, 3.8) is 0 Å². The fourth-order valence-electron chi connectivity index (χ4n) is 4.38. The maximum atomic E-state index is 13.1. The van der Waals surface area contributed by atoms with E-state index in [0.717, 1.165) is 60.6 Å². The minimum atomic E-state index is -0.245. The van der Waals surface area contributed by atoms with Crippen molar-refractivity contribution >= 4 is 40.6 Å². The van der Waals surface area contributed by atoms with Crippen molar-refractivity contribution in [2.45, 2.75) is 25.7 Å². The lowest BCUT2D eigenvalue weighted by Gasteiger charge is -2.29. The van der Waals surface area contributed by atoms with Crippen LogP contribution in [-0.4, -0.2) is 47.8 Å². The molecule has 33 heavy (non-hydrogen) atoms. The van der Waals surface area contributed by atoms with E-state index in [-0.39, 0.29) is 12.0 Å². The molecule has 3 heterocycles. The third kappa shape index (κ3) is 4.77. The minimum Gasteiger partial charge on any atom is -0.486 e. The number of carbonyl (C=O) groups is 1. The first-order valence-corrected chi connectivity index (χ1v) is 11.8. The molecule has 5 rings (SSSR count). The first kappa shape index (κ1) is 22.3. The average Bonchev–Trinajstić information content (AvgIpc) is 2.81. The maximum Gasteiger partial charge on any atom is 0.254 e. The first-order chi connectivity index (χ1) is 16.0. The van der Waals surface area contributed by atoms with Crippen LogP contribution in [0.3, 0.4) is 0 Å². The molecule has 1 atom stereocenters. The largest absolute Gasteiger partial charge is 0.486 e. The van der Waals surface area contributed by atoms with Crippen LogP contribution in [0, 0.1) is 11.4 Å². The molecule has 1 saturated heterocycles. The molecule has 171 valence electrons. The topological polar surface area (TPSA) is 55.7 Å². The highest BCUT2D eigenvalue weighted by Gasteiger charge is 2.23. The van der Waals surface area contributed by atoms with E-state index < -0.39 is 0 Å². The molecule has 0 spiro atoms. The van der Waals surface area contributed by atoms with Gasteiger partial charge in [-0.15, -0.1) is 0 Å². The van der Waals surface area contributed by atoms with E-state index in [1.54, 1.807) is 0 Å². The van der Waals surface area contributed by atoms with Crippen LogP contribution in [0.25, 0.3) is 10.9 Å². The van der Waals surface area contributed by atoms with Crippen LogP contribution >= 0.6 is 23.8 Å². The van der Waals surface area contributed by atoms with Gasteiger partial charge in [-0.25, -0.2) is 0 Å². The molecule has 1 radical (unpaired) electrons. The van der Waals surface area contributed by atoms with E-state index >= 15 is 0 Å². The van der Waals surface area contributed by atoms with E-state index in [4.69, 9.17) is 33.3 Å². The van der Waals surface area contributed by atoms with Crippen molar-refractivity contribution in [2.24, 2.45) is 0 Å². The van der Waals surface area contributed by atoms with Gasteiger partial charge in [0, 0.05) is 42.8 Å². The Morgan fingerprint density at radius 3 is 2.70 bits per heavy atom. The van der Waals surface area contributed by atoms with Crippen molar-refractivity contribution in [1.29, 1.82) is 0 Å². The standard InChI is InChI=1S/C25H25ClN3O3S/c1-16-13-29-15-21(25(30)27-12-17-2-4-19(26)5-3-17)24(33)20-10-18(11-22(32-16)23(20)29)14-28-6-8-31-9-7-28/h2-5,10-11,15-16H,1,6-9,12-14H2,(H,27,30). The van der Waals surface area contributed by atoms with Gasteiger partial charge in [-0.3, -0.25) is 9.69 Å². The highest BCUT2D eigenvalue weighted by molar-refractivity contribution is 7.71.